The van der Waals surface area contributed by atoms with Gasteiger partial charge >= 0.3 is 5.97 Å². The van der Waals surface area contributed by atoms with Gasteiger partial charge in [0.2, 0.25) is 5.91 Å². The summed E-state index contributed by atoms with van der Waals surface area (Å²) >= 11 is 0. The molecule has 0 saturated carbocycles. The maximum Gasteiger partial charge on any atom is 0.303 e. The normalized spacial score (nSPS) is 17.0. The molecule has 1 N–H and O–H groups in total. The highest BCUT2D eigenvalue weighted by atomic mass is 16.5. The van der Waals surface area contributed by atoms with Crippen molar-refractivity contribution in [2.75, 3.05) is 13.2 Å². The molecule has 1 unspecified atom stereocenters. The van der Waals surface area contributed by atoms with Crippen molar-refractivity contribution in [2.24, 2.45) is 0 Å². The fraction of sp³-hybridized carbons (Fsp3) is 0.550. The summed E-state index contributed by atoms with van der Waals surface area (Å²) in [4.78, 5) is 36.3. The van der Waals surface area contributed by atoms with Crippen molar-refractivity contribution in [1.29, 1.82) is 0 Å². The number of ether oxygens (including phenoxy) is 1. The molecule has 0 bridgehead atoms. The number of carbonyl (C=O) groups is 3. The van der Waals surface area contributed by atoms with Gasteiger partial charge in [-0.2, -0.15) is 0 Å². The molecule has 0 aliphatic carbocycles. The van der Waals surface area contributed by atoms with Gasteiger partial charge in [0.05, 0.1) is 6.61 Å². The molecule has 1 aliphatic heterocycles. The zero-order chi connectivity index (χ0) is 18.9. The van der Waals surface area contributed by atoms with Gasteiger partial charge in [-0.05, 0) is 63.3 Å². The number of carboxylic acid groups (broad SMARTS) is 1. The van der Waals surface area contributed by atoms with Crippen molar-refractivity contribution in [3.63, 3.8) is 0 Å². The van der Waals surface area contributed by atoms with E-state index >= 15 is 0 Å². The summed E-state index contributed by atoms with van der Waals surface area (Å²) in [6.07, 6.45) is 4.55. The molecule has 0 aromatic heterocycles. The monoisotopic (exact) mass is 361 g/mol. The summed E-state index contributed by atoms with van der Waals surface area (Å²) in [6.45, 7) is 2.67. The predicted octanol–water partition coefficient (Wildman–Crippen LogP) is 3.29. The molecule has 6 heteroatoms. The van der Waals surface area contributed by atoms with Crippen LogP contribution in [0.25, 0.3) is 0 Å². The van der Waals surface area contributed by atoms with Crippen LogP contribution >= 0.6 is 0 Å². The lowest BCUT2D eigenvalue weighted by molar-refractivity contribution is -0.140. The molecule has 0 spiro atoms. The number of aliphatic carboxylic acids is 1. The van der Waals surface area contributed by atoms with Crippen LogP contribution in [-0.4, -0.2) is 46.9 Å². The highest BCUT2D eigenvalue weighted by molar-refractivity contribution is 5.94. The minimum absolute atomic E-state index is 0.0149. The van der Waals surface area contributed by atoms with Crippen LogP contribution in [0.15, 0.2) is 24.3 Å². The second-order valence-electron chi connectivity index (χ2n) is 6.70. The maximum atomic E-state index is 12.5. The SMILES string of the molecule is CC(=O)c1ccc(OCCCC(=O)N2CCCCC2CCC(=O)O)cc1. The van der Waals surface area contributed by atoms with Crippen LogP contribution in [0, 0.1) is 0 Å². The van der Waals surface area contributed by atoms with E-state index in [9.17, 15) is 14.4 Å². The lowest BCUT2D eigenvalue weighted by atomic mass is 9.97. The Morgan fingerprint density at radius 2 is 1.88 bits per heavy atom. The van der Waals surface area contributed by atoms with E-state index in [1.165, 1.54) is 6.92 Å². The largest absolute Gasteiger partial charge is 0.494 e. The minimum Gasteiger partial charge on any atom is -0.494 e. The number of nitrogens with zero attached hydrogens (tertiary/aromatic N) is 1. The highest BCUT2D eigenvalue weighted by Crippen LogP contribution is 2.22. The Morgan fingerprint density at radius 1 is 1.15 bits per heavy atom. The average molecular weight is 361 g/mol. The fourth-order valence-corrected chi connectivity index (χ4v) is 3.26. The van der Waals surface area contributed by atoms with E-state index in [1.807, 2.05) is 4.90 Å². The zero-order valence-electron chi connectivity index (χ0n) is 15.3. The molecule has 1 amide bonds. The number of Topliss-reactive ketones (excluding diaryl/α,β-unsaturated/α-hetero) is 1. The Morgan fingerprint density at radius 3 is 2.54 bits per heavy atom. The number of hydrogen-bond acceptors (Lipinski definition) is 4. The minimum atomic E-state index is -0.813. The first-order chi connectivity index (χ1) is 12.5. The van der Waals surface area contributed by atoms with Crippen molar-refractivity contribution >= 4 is 17.7 Å². The Bertz CT molecular complexity index is 626. The van der Waals surface area contributed by atoms with Gasteiger partial charge in [-0.25, -0.2) is 0 Å². The van der Waals surface area contributed by atoms with Crippen LogP contribution < -0.4 is 4.74 Å². The highest BCUT2D eigenvalue weighted by Gasteiger charge is 2.26. The van der Waals surface area contributed by atoms with Crippen molar-refractivity contribution < 1.29 is 24.2 Å². The number of ketones is 1. The van der Waals surface area contributed by atoms with Crippen molar-refractivity contribution in [2.45, 2.75) is 57.9 Å². The number of hydrogen-bond donors (Lipinski definition) is 1. The topological polar surface area (TPSA) is 83.9 Å². The van der Waals surface area contributed by atoms with Gasteiger partial charge in [0.1, 0.15) is 5.75 Å². The third-order valence-electron chi connectivity index (χ3n) is 4.70. The lowest BCUT2D eigenvalue weighted by Crippen LogP contribution is -2.44. The molecule has 142 valence electrons. The summed E-state index contributed by atoms with van der Waals surface area (Å²) in [7, 11) is 0. The number of likely N-dealkylation sites (tertiary alicyclic amines) is 1. The number of piperidine rings is 1. The molecule has 2 rings (SSSR count). The average Bonchev–Trinajstić information content (AvgIpc) is 2.64. The Kier molecular flexibility index (Phi) is 7.63. The van der Waals surface area contributed by atoms with E-state index in [4.69, 9.17) is 9.84 Å². The summed E-state index contributed by atoms with van der Waals surface area (Å²) < 4.78 is 5.62. The molecule has 1 aromatic rings. The lowest BCUT2D eigenvalue weighted by Gasteiger charge is -2.35. The van der Waals surface area contributed by atoms with E-state index in [0.717, 1.165) is 25.8 Å². The Hall–Kier alpha value is -2.37. The number of rotatable bonds is 9. The maximum absolute atomic E-state index is 12.5. The van der Waals surface area contributed by atoms with Gasteiger partial charge in [-0.1, -0.05) is 0 Å². The first-order valence-electron chi connectivity index (χ1n) is 9.22. The van der Waals surface area contributed by atoms with Gasteiger partial charge in [-0.15, -0.1) is 0 Å². The predicted molar refractivity (Wildman–Crippen MR) is 97.4 cm³/mol. The third kappa shape index (κ3) is 6.17. The number of benzene rings is 1. The standard InChI is InChI=1S/C20H27NO5/c1-15(22)16-7-10-18(11-8-16)26-14-4-6-19(23)21-13-3-2-5-17(21)9-12-20(24)25/h7-8,10-11,17H,2-6,9,12-14H2,1H3,(H,24,25). The second-order valence-corrected chi connectivity index (χ2v) is 6.70. The van der Waals surface area contributed by atoms with E-state index < -0.39 is 5.97 Å². The van der Waals surface area contributed by atoms with Crippen LogP contribution in [0.2, 0.25) is 0 Å². The molecule has 1 saturated heterocycles. The van der Waals surface area contributed by atoms with Gasteiger partial charge in [-0.3, -0.25) is 14.4 Å². The zero-order valence-corrected chi connectivity index (χ0v) is 15.3. The summed E-state index contributed by atoms with van der Waals surface area (Å²) in [5, 5.41) is 8.86. The van der Waals surface area contributed by atoms with Crippen LogP contribution in [0.5, 0.6) is 5.75 Å². The van der Waals surface area contributed by atoms with E-state index in [0.29, 0.717) is 37.2 Å². The molecule has 1 aliphatic rings. The van der Waals surface area contributed by atoms with Crippen molar-refractivity contribution in [3.05, 3.63) is 29.8 Å². The molecular weight excluding hydrogens is 334 g/mol. The van der Waals surface area contributed by atoms with E-state index in [2.05, 4.69) is 0 Å². The number of amides is 1. The summed E-state index contributed by atoms with van der Waals surface area (Å²) in [6, 6.07) is 7.01. The second kappa shape index (κ2) is 9.94. The van der Waals surface area contributed by atoms with E-state index in [1.54, 1.807) is 24.3 Å². The van der Waals surface area contributed by atoms with Crippen LogP contribution in [0.1, 0.15) is 62.2 Å². The quantitative estimate of drug-likeness (QED) is 0.539. The van der Waals surface area contributed by atoms with Gasteiger partial charge < -0.3 is 14.7 Å². The molecule has 1 aromatic carbocycles. The number of carboxylic acids is 1. The Labute approximate surface area is 154 Å². The van der Waals surface area contributed by atoms with Gasteiger partial charge in [0.15, 0.2) is 5.78 Å². The van der Waals surface area contributed by atoms with Crippen LogP contribution in [0.3, 0.4) is 0 Å². The summed E-state index contributed by atoms with van der Waals surface area (Å²) in [5.41, 5.74) is 0.644. The molecule has 1 atom stereocenters. The molecule has 1 fully saturated rings. The summed E-state index contributed by atoms with van der Waals surface area (Å²) in [5.74, 6) is -0.0383. The fourth-order valence-electron chi connectivity index (χ4n) is 3.26. The van der Waals surface area contributed by atoms with Gasteiger partial charge in [0.25, 0.3) is 0 Å². The number of carbonyl (C=O) groups excluding carboxylic acids is 2. The molecule has 1 heterocycles. The molecule has 6 nitrogen and oxygen atoms in total. The van der Waals surface area contributed by atoms with Crippen LogP contribution in [-0.2, 0) is 9.59 Å². The van der Waals surface area contributed by atoms with Crippen molar-refractivity contribution in [1.82, 2.24) is 4.90 Å². The molecule has 0 radical (unpaired) electrons. The smallest absolute Gasteiger partial charge is 0.303 e. The van der Waals surface area contributed by atoms with Crippen molar-refractivity contribution in [3.8, 4) is 5.75 Å². The third-order valence-corrected chi connectivity index (χ3v) is 4.70. The first-order valence-corrected chi connectivity index (χ1v) is 9.22. The van der Waals surface area contributed by atoms with E-state index in [-0.39, 0.29) is 24.2 Å². The molecule has 26 heavy (non-hydrogen) atoms. The molecular formula is C20H27NO5. The first kappa shape index (κ1) is 19.9. The van der Waals surface area contributed by atoms with Crippen LogP contribution in [0.4, 0.5) is 0 Å². The van der Waals surface area contributed by atoms with Gasteiger partial charge in [0, 0.05) is 31.0 Å². The Balaban J connectivity index is 1.74.